The van der Waals surface area contributed by atoms with E-state index >= 15 is 0 Å². The van der Waals surface area contributed by atoms with Gasteiger partial charge in [0.1, 0.15) is 0 Å². The fourth-order valence-electron chi connectivity index (χ4n) is 1.22. The molecule has 1 heterocycles. The number of aliphatic hydroxyl groups is 1. The standard InChI is InChI=1S/C10H15BrN4OS/c1-4-15-8(13-14-10(15)17)9(16)12-7(3)6(2)5-11/h4-5,7,9,12,16H,1H2,2-3H3,(H,14,17)/b6-5+. The zero-order valence-corrected chi connectivity index (χ0v) is 12.0. The third-order valence-electron chi connectivity index (χ3n) is 2.42. The van der Waals surface area contributed by atoms with Crippen molar-refractivity contribution in [3.8, 4) is 0 Å². The number of halogens is 1. The number of rotatable bonds is 5. The summed E-state index contributed by atoms with van der Waals surface area (Å²) in [5, 5.41) is 19.6. The molecule has 3 N–H and O–H groups in total. The summed E-state index contributed by atoms with van der Waals surface area (Å²) < 4.78 is 1.92. The van der Waals surface area contributed by atoms with E-state index in [1.54, 1.807) is 0 Å². The third kappa shape index (κ3) is 3.35. The molecule has 5 nitrogen and oxygen atoms in total. The first-order chi connectivity index (χ1) is 8.01. The average molecular weight is 319 g/mol. The summed E-state index contributed by atoms with van der Waals surface area (Å²) >= 11 is 8.25. The number of aliphatic hydroxyl groups excluding tert-OH is 1. The van der Waals surface area contributed by atoms with E-state index in [9.17, 15) is 5.11 Å². The van der Waals surface area contributed by atoms with Crippen LogP contribution in [0.4, 0.5) is 0 Å². The third-order valence-corrected chi connectivity index (χ3v) is 3.43. The van der Waals surface area contributed by atoms with Crippen LogP contribution >= 0.6 is 28.1 Å². The molecule has 0 radical (unpaired) electrons. The van der Waals surface area contributed by atoms with E-state index in [-0.39, 0.29) is 6.04 Å². The number of hydrogen-bond donors (Lipinski definition) is 3. The van der Waals surface area contributed by atoms with Gasteiger partial charge in [0, 0.05) is 12.2 Å². The predicted octanol–water partition coefficient (Wildman–Crippen LogP) is 2.31. The van der Waals surface area contributed by atoms with Crippen LogP contribution in [0.5, 0.6) is 0 Å². The first-order valence-corrected chi connectivity index (χ1v) is 6.34. The Morgan fingerprint density at radius 2 is 2.41 bits per heavy atom. The molecule has 0 bridgehead atoms. The lowest BCUT2D eigenvalue weighted by Gasteiger charge is -2.18. The quantitative estimate of drug-likeness (QED) is 0.576. The lowest BCUT2D eigenvalue weighted by Crippen LogP contribution is -2.32. The van der Waals surface area contributed by atoms with E-state index in [0.29, 0.717) is 10.6 Å². The second-order valence-corrected chi connectivity index (χ2v) is 4.43. The highest BCUT2D eigenvalue weighted by Gasteiger charge is 2.17. The second kappa shape index (κ2) is 6.25. The van der Waals surface area contributed by atoms with Gasteiger partial charge in [-0.15, -0.1) is 0 Å². The van der Waals surface area contributed by atoms with Crippen molar-refractivity contribution < 1.29 is 5.11 Å². The molecule has 1 rings (SSSR count). The lowest BCUT2D eigenvalue weighted by atomic mass is 10.2. The van der Waals surface area contributed by atoms with Gasteiger partial charge in [0.05, 0.1) is 0 Å². The van der Waals surface area contributed by atoms with Crippen LogP contribution in [0.3, 0.4) is 0 Å². The van der Waals surface area contributed by atoms with Crippen LogP contribution in [0.2, 0.25) is 0 Å². The summed E-state index contributed by atoms with van der Waals surface area (Å²) in [5.74, 6) is 0.388. The van der Waals surface area contributed by atoms with E-state index in [1.165, 1.54) is 10.8 Å². The molecule has 0 aromatic carbocycles. The SMILES string of the molecule is C=Cn1c(C(O)NC(C)/C(C)=C/Br)n[nH]c1=S. The topological polar surface area (TPSA) is 65.9 Å². The van der Waals surface area contributed by atoms with Crippen molar-refractivity contribution in [2.24, 2.45) is 0 Å². The summed E-state index contributed by atoms with van der Waals surface area (Å²) in [4.78, 5) is 1.81. The van der Waals surface area contributed by atoms with Crippen LogP contribution < -0.4 is 5.32 Å². The largest absolute Gasteiger partial charge is 0.371 e. The van der Waals surface area contributed by atoms with E-state index in [1.807, 2.05) is 18.8 Å². The number of aromatic nitrogens is 3. The van der Waals surface area contributed by atoms with Crippen molar-refractivity contribution in [3.05, 3.63) is 27.7 Å². The molecule has 0 amide bonds. The number of hydrogen-bond acceptors (Lipinski definition) is 4. The van der Waals surface area contributed by atoms with Crippen molar-refractivity contribution in [3.63, 3.8) is 0 Å². The number of nitrogens with one attached hydrogen (secondary N) is 2. The summed E-state index contributed by atoms with van der Waals surface area (Å²) in [6, 6.07) is 0.00733. The molecule has 0 spiro atoms. The van der Waals surface area contributed by atoms with Crippen molar-refractivity contribution in [1.29, 1.82) is 0 Å². The molecule has 0 fully saturated rings. The molecule has 2 atom stereocenters. The first-order valence-electron chi connectivity index (χ1n) is 5.01. The van der Waals surface area contributed by atoms with Gasteiger partial charge in [-0.2, -0.15) is 5.10 Å². The molecular formula is C10H15BrN4OS. The Balaban J connectivity index is 2.87. The molecule has 0 aliphatic carbocycles. The smallest absolute Gasteiger partial charge is 0.199 e. The van der Waals surface area contributed by atoms with Gasteiger partial charge in [-0.1, -0.05) is 22.5 Å². The van der Waals surface area contributed by atoms with Crippen LogP contribution in [-0.2, 0) is 0 Å². The molecule has 17 heavy (non-hydrogen) atoms. The minimum atomic E-state index is -0.918. The lowest BCUT2D eigenvalue weighted by molar-refractivity contribution is 0.120. The summed E-state index contributed by atoms with van der Waals surface area (Å²) in [6.07, 6.45) is 0.586. The van der Waals surface area contributed by atoms with Gasteiger partial charge < -0.3 is 5.11 Å². The van der Waals surface area contributed by atoms with E-state index in [0.717, 1.165) is 5.57 Å². The zero-order chi connectivity index (χ0) is 13.0. The Labute approximate surface area is 113 Å². The Morgan fingerprint density at radius 1 is 1.76 bits per heavy atom. The van der Waals surface area contributed by atoms with Gasteiger partial charge >= 0.3 is 0 Å². The maximum atomic E-state index is 10.0. The fourth-order valence-corrected chi connectivity index (χ4v) is 1.83. The normalized spacial score (nSPS) is 15.6. The highest BCUT2D eigenvalue weighted by molar-refractivity contribution is 9.11. The zero-order valence-electron chi connectivity index (χ0n) is 9.64. The van der Waals surface area contributed by atoms with Gasteiger partial charge in [-0.05, 0) is 36.6 Å². The molecule has 7 heteroatoms. The Morgan fingerprint density at radius 3 is 2.94 bits per heavy atom. The fraction of sp³-hybridized carbons (Fsp3) is 0.400. The predicted molar refractivity (Wildman–Crippen MR) is 74.0 cm³/mol. The van der Waals surface area contributed by atoms with E-state index < -0.39 is 6.23 Å². The Hall–Kier alpha value is -0.760. The van der Waals surface area contributed by atoms with Crippen LogP contribution in [0, 0.1) is 4.77 Å². The Kier molecular flexibility index (Phi) is 5.26. The minimum absolute atomic E-state index is 0.00733. The molecule has 0 saturated carbocycles. The maximum Gasteiger partial charge on any atom is 0.199 e. The number of nitrogens with zero attached hydrogens (tertiary/aromatic N) is 2. The van der Waals surface area contributed by atoms with Crippen molar-refractivity contribution in [2.75, 3.05) is 0 Å². The molecule has 2 unspecified atom stereocenters. The van der Waals surface area contributed by atoms with Gasteiger partial charge in [0.15, 0.2) is 16.8 Å². The molecule has 1 aromatic heterocycles. The first kappa shape index (κ1) is 14.3. The van der Waals surface area contributed by atoms with Crippen LogP contribution in [-0.4, -0.2) is 25.9 Å². The van der Waals surface area contributed by atoms with Gasteiger partial charge in [-0.3, -0.25) is 15.0 Å². The summed E-state index contributed by atoms with van der Waals surface area (Å²) in [7, 11) is 0. The molecule has 0 aliphatic heterocycles. The van der Waals surface area contributed by atoms with E-state index in [2.05, 4.69) is 38.0 Å². The maximum absolute atomic E-state index is 10.0. The van der Waals surface area contributed by atoms with Crippen molar-refractivity contribution in [1.82, 2.24) is 20.1 Å². The van der Waals surface area contributed by atoms with Crippen LogP contribution in [0.15, 0.2) is 17.1 Å². The molecule has 1 aromatic rings. The number of H-pyrrole nitrogens is 1. The number of aromatic amines is 1. The van der Waals surface area contributed by atoms with Gasteiger partial charge in [0.25, 0.3) is 0 Å². The monoisotopic (exact) mass is 318 g/mol. The molecule has 0 aliphatic rings. The highest BCUT2D eigenvalue weighted by atomic mass is 79.9. The summed E-state index contributed by atoms with van der Waals surface area (Å²) in [6.45, 7) is 7.50. The summed E-state index contributed by atoms with van der Waals surface area (Å²) in [5.41, 5.74) is 1.06. The minimum Gasteiger partial charge on any atom is -0.371 e. The van der Waals surface area contributed by atoms with Gasteiger partial charge in [-0.25, -0.2) is 0 Å². The van der Waals surface area contributed by atoms with Crippen molar-refractivity contribution in [2.45, 2.75) is 26.1 Å². The highest BCUT2D eigenvalue weighted by Crippen LogP contribution is 2.12. The molecule has 0 saturated heterocycles. The molecule has 94 valence electrons. The van der Waals surface area contributed by atoms with Gasteiger partial charge in [0.2, 0.25) is 0 Å². The Bertz CT molecular complexity index is 479. The van der Waals surface area contributed by atoms with Crippen LogP contribution in [0.1, 0.15) is 25.9 Å². The average Bonchev–Trinajstić information content (AvgIpc) is 2.68. The molecular weight excluding hydrogens is 304 g/mol. The van der Waals surface area contributed by atoms with E-state index in [4.69, 9.17) is 12.2 Å². The second-order valence-electron chi connectivity index (χ2n) is 3.58. The van der Waals surface area contributed by atoms with Crippen LogP contribution in [0.25, 0.3) is 6.20 Å². The van der Waals surface area contributed by atoms with Crippen molar-refractivity contribution >= 4 is 34.3 Å².